The van der Waals surface area contributed by atoms with Crippen LogP contribution in [0.4, 0.5) is 0 Å². The Morgan fingerprint density at radius 1 is 1.41 bits per heavy atom. The Morgan fingerprint density at radius 2 is 2.12 bits per heavy atom. The van der Waals surface area contributed by atoms with Crippen molar-refractivity contribution < 1.29 is 9.53 Å². The predicted octanol–water partition coefficient (Wildman–Crippen LogP) is 3.17. The van der Waals surface area contributed by atoms with Gasteiger partial charge in [0.25, 0.3) is 0 Å². The monoisotopic (exact) mass is 231 g/mol. The molecule has 0 unspecified atom stereocenters. The van der Waals surface area contributed by atoms with Crippen LogP contribution < -0.4 is 4.74 Å². The third kappa shape index (κ3) is 1.62. The maximum absolute atomic E-state index is 11.1. The molecule has 0 atom stereocenters. The van der Waals surface area contributed by atoms with Crippen molar-refractivity contribution in [3.63, 3.8) is 0 Å². The zero-order valence-corrected chi connectivity index (χ0v) is 10.7. The number of hydrogen-bond acceptors (Lipinski definition) is 2. The molecule has 2 aromatic rings. The highest BCUT2D eigenvalue weighted by atomic mass is 16.5. The van der Waals surface area contributed by atoms with Crippen molar-refractivity contribution in [3.8, 4) is 5.75 Å². The fourth-order valence-electron chi connectivity index (χ4n) is 2.40. The van der Waals surface area contributed by atoms with Gasteiger partial charge in [-0.2, -0.15) is 0 Å². The van der Waals surface area contributed by atoms with Gasteiger partial charge >= 0.3 is 0 Å². The maximum Gasteiger partial charge on any atom is 0.153 e. The summed E-state index contributed by atoms with van der Waals surface area (Å²) in [5.41, 5.74) is 5.13. The minimum atomic E-state index is 0.613. The number of hydrogen-bond donors (Lipinski definition) is 1. The first-order valence-electron chi connectivity index (χ1n) is 5.77. The van der Waals surface area contributed by atoms with E-state index in [9.17, 15) is 4.79 Å². The Bertz CT molecular complexity index is 582. The maximum atomic E-state index is 11.1. The minimum absolute atomic E-state index is 0.613. The summed E-state index contributed by atoms with van der Waals surface area (Å²) in [6.07, 6.45) is 1.79. The van der Waals surface area contributed by atoms with Crippen molar-refractivity contribution in [2.45, 2.75) is 27.2 Å². The highest BCUT2D eigenvalue weighted by Gasteiger charge is 2.16. The molecule has 3 nitrogen and oxygen atoms in total. The zero-order valence-electron chi connectivity index (χ0n) is 10.7. The van der Waals surface area contributed by atoms with Gasteiger partial charge in [-0.15, -0.1) is 0 Å². The van der Waals surface area contributed by atoms with E-state index in [2.05, 4.69) is 18.8 Å². The lowest BCUT2D eigenvalue weighted by atomic mass is 10.0. The number of carbonyl (C=O) groups excluding carboxylic acids is 1. The summed E-state index contributed by atoms with van der Waals surface area (Å²) < 4.78 is 5.39. The van der Waals surface area contributed by atoms with Gasteiger partial charge in [-0.1, -0.05) is 6.92 Å². The Labute approximate surface area is 101 Å². The fourth-order valence-corrected chi connectivity index (χ4v) is 2.40. The van der Waals surface area contributed by atoms with Gasteiger partial charge in [-0.05, 0) is 37.5 Å². The van der Waals surface area contributed by atoms with Crippen LogP contribution in [0.2, 0.25) is 0 Å². The standard InChI is InChI=1S/C14H17NO2/c1-5-11-9(3)12-13(15-11)8(2)6-10(7-16)14(12)17-4/h6-7,15H,5H2,1-4H3. The van der Waals surface area contributed by atoms with Crippen molar-refractivity contribution in [1.82, 2.24) is 4.98 Å². The quantitative estimate of drug-likeness (QED) is 0.824. The molecule has 0 saturated heterocycles. The molecule has 1 aromatic heterocycles. The number of H-pyrrole nitrogens is 1. The number of aromatic nitrogens is 1. The van der Waals surface area contributed by atoms with Crippen molar-refractivity contribution in [2.75, 3.05) is 7.11 Å². The van der Waals surface area contributed by atoms with Gasteiger partial charge in [0.05, 0.1) is 18.2 Å². The molecule has 3 heteroatoms. The second-order valence-electron chi connectivity index (χ2n) is 4.27. The number of aldehydes is 1. The number of nitrogens with one attached hydrogen (secondary N) is 1. The van der Waals surface area contributed by atoms with Gasteiger partial charge in [-0.25, -0.2) is 0 Å². The minimum Gasteiger partial charge on any atom is -0.495 e. The van der Waals surface area contributed by atoms with E-state index >= 15 is 0 Å². The summed E-state index contributed by atoms with van der Waals surface area (Å²) in [6.45, 7) is 6.18. The summed E-state index contributed by atoms with van der Waals surface area (Å²) in [4.78, 5) is 14.5. The predicted molar refractivity (Wildman–Crippen MR) is 69.1 cm³/mol. The van der Waals surface area contributed by atoms with Crippen LogP contribution in [0.1, 0.15) is 34.1 Å². The van der Waals surface area contributed by atoms with Crippen LogP contribution in [0.3, 0.4) is 0 Å². The van der Waals surface area contributed by atoms with Gasteiger partial charge in [0.2, 0.25) is 0 Å². The van der Waals surface area contributed by atoms with Gasteiger partial charge in [0, 0.05) is 11.1 Å². The van der Waals surface area contributed by atoms with Crippen molar-refractivity contribution in [3.05, 3.63) is 28.5 Å². The SMILES string of the molecule is CCc1[nH]c2c(C)cc(C=O)c(OC)c2c1C. The van der Waals surface area contributed by atoms with Crippen LogP contribution >= 0.6 is 0 Å². The lowest BCUT2D eigenvalue weighted by Crippen LogP contribution is -1.93. The number of methoxy groups -OCH3 is 1. The molecule has 0 radical (unpaired) electrons. The molecule has 17 heavy (non-hydrogen) atoms. The number of benzene rings is 1. The summed E-state index contributed by atoms with van der Waals surface area (Å²) in [5.74, 6) is 0.675. The van der Waals surface area contributed by atoms with Gasteiger partial charge in [-0.3, -0.25) is 4.79 Å². The van der Waals surface area contributed by atoms with Gasteiger partial charge in [0.1, 0.15) is 5.75 Å². The van der Waals surface area contributed by atoms with Crippen LogP contribution in [-0.4, -0.2) is 18.4 Å². The van der Waals surface area contributed by atoms with E-state index in [4.69, 9.17) is 4.74 Å². The molecule has 0 fully saturated rings. The summed E-state index contributed by atoms with van der Waals surface area (Å²) >= 11 is 0. The van der Waals surface area contributed by atoms with E-state index in [-0.39, 0.29) is 0 Å². The zero-order chi connectivity index (χ0) is 12.6. The molecule has 0 aliphatic heterocycles. The van der Waals surface area contributed by atoms with E-state index < -0.39 is 0 Å². The van der Waals surface area contributed by atoms with E-state index in [1.54, 1.807) is 7.11 Å². The first-order valence-corrected chi connectivity index (χ1v) is 5.77. The smallest absolute Gasteiger partial charge is 0.153 e. The molecule has 1 heterocycles. The molecule has 90 valence electrons. The van der Waals surface area contributed by atoms with E-state index in [1.165, 1.54) is 11.3 Å². The fraction of sp³-hybridized carbons (Fsp3) is 0.357. The second kappa shape index (κ2) is 4.24. The molecule has 1 N–H and O–H groups in total. The summed E-state index contributed by atoms with van der Waals surface area (Å²) in [6, 6.07) is 1.86. The van der Waals surface area contributed by atoms with Gasteiger partial charge < -0.3 is 9.72 Å². The molecule has 1 aromatic carbocycles. The molecule has 0 saturated carbocycles. The number of aryl methyl sites for hydroxylation is 3. The third-order valence-corrected chi connectivity index (χ3v) is 3.29. The molecule has 0 spiro atoms. The average Bonchev–Trinajstić information content (AvgIpc) is 2.67. The molecule has 0 amide bonds. The van der Waals surface area contributed by atoms with Crippen molar-refractivity contribution in [2.24, 2.45) is 0 Å². The van der Waals surface area contributed by atoms with Crippen LogP contribution in [-0.2, 0) is 6.42 Å². The number of fused-ring (bicyclic) bond motifs is 1. The van der Waals surface area contributed by atoms with Crippen LogP contribution in [0.15, 0.2) is 6.07 Å². The first kappa shape index (κ1) is 11.7. The Hall–Kier alpha value is -1.77. The summed E-state index contributed by atoms with van der Waals surface area (Å²) in [5, 5.41) is 1.03. The number of rotatable bonds is 3. The lowest BCUT2D eigenvalue weighted by molar-refractivity contribution is 0.112. The van der Waals surface area contributed by atoms with Crippen LogP contribution in [0.25, 0.3) is 10.9 Å². The Morgan fingerprint density at radius 3 is 2.65 bits per heavy atom. The number of ether oxygens (including phenoxy) is 1. The molecule has 2 rings (SSSR count). The Kier molecular flexibility index (Phi) is 2.92. The third-order valence-electron chi connectivity index (χ3n) is 3.29. The molecular formula is C14H17NO2. The second-order valence-corrected chi connectivity index (χ2v) is 4.27. The lowest BCUT2D eigenvalue weighted by Gasteiger charge is -2.08. The highest BCUT2D eigenvalue weighted by Crippen LogP contribution is 2.35. The molecule has 0 bridgehead atoms. The van der Waals surface area contributed by atoms with E-state index in [0.29, 0.717) is 11.3 Å². The number of aromatic amines is 1. The van der Waals surface area contributed by atoms with Crippen LogP contribution in [0, 0.1) is 13.8 Å². The average molecular weight is 231 g/mol. The number of carbonyl (C=O) groups is 1. The van der Waals surface area contributed by atoms with Gasteiger partial charge in [0.15, 0.2) is 6.29 Å². The van der Waals surface area contributed by atoms with Crippen LogP contribution in [0.5, 0.6) is 5.75 Å². The first-order chi connectivity index (χ1) is 8.13. The molecule has 0 aliphatic carbocycles. The molecular weight excluding hydrogens is 214 g/mol. The normalized spacial score (nSPS) is 10.8. The largest absolute Gasteiger partial charge is 0.495 e. The van der Waals surface area contributed by atoms with E-state index in [1.807, 2.05) is 13.0 Å². The van der Waals surface area contributed by atoms with Crippen molar-refractivity contribution in [1.29, 1.82) is 0 Å². The Balaban J connectivity index is 2.94. The van der Waals surface area contributed by atoms with Crippen molar-refractivity contribution >= 4 is 17.2 Å². The summed E-state index contributed by atoms with van der Waals surface area (Å²) in [7, 11) is 1.61. The topological polar surface area (TPSA) is 42.1 Å². The van der Waals surface area contributed by atoms with E-state index in [0.717, 1.165) is 29.2 Å². The highest BCUT2D eigenvalue weighted by molar-refractivity contribution is 5.99. The molecule has 0 aliphatic rings.